The van der Waals surface area contributed by atoms with Gasteiger partial charge < -0.3 is 10.6 Å². The van der Waals surface area contributed by atoms with Crippen molar-refractivity contribution in [2.45, 2.75) is 31.2 Å². The van der Waals surface area contributed by atoms with E-state index in [9.17, 15) is 4.79 Å². The molecule has 1 atom stereocenters. The molecule has 0 saturated carbocycles. The van der Waals surface area contributed by atoms with Gasteiger partial charge in [-0.1, -0.05) is 0 Å². The van der Waals surface area contributed by atoms with E-state index in [-0.39, 0.29) is 17.3 Å². The highest BCUT2D eigenvalue weighted by Crippen LogP contribution is 2.15. The fraction of sp³-hybridized carbons (Fsp3) is 0.875. The molecule has 0 unspecified atom stereocenters. The lowest BCUT2D eigenvalue weighted by Gasteiger charge is -2.30. The Kier molecular flexibility index (Phi) is 3.35. The summed E-state index contributed by atoms with van der Waals surface area (Å²) < 4.78 is 0. The number of likely N-dealkylation sites (tertiary alicyclic amines) is 1. The van der Waals surface area contributed by atoms with Crippen molar-refractivity contribution in [3.63, 3.8) is 0 Å². The Morgan fingerprint density at radius 3 is 2.50 bits per heavy atom. The van der Waals surface area contributed by atoms with Gasteiger partial charge in [0.15, 0.2) is 0 Å². The number of nitrogens with zero attached hydrogens (tertiary/aromatic N) is 1. The molecular formula is C8H15ClN2O. The van der Waals surface area contributed by atoms with E-state index in [2.05, 4.69) is 0 Å². The summed E-state index contributed by atoms with van der Waals surface area (Å²) >= 11 is 5.90. The van der Waals surface area contributed by atoms with Gasteiger partial charge in [0.2, 0.25) is 5.91 Å². The molecule has 0 aromatic carbocycles. The Bertz CT molecular complexity index is 164. The lowest BCUT2D eigenvalue weighted by molar-refractivity contribution is -0.133. The predicted molar refractivity (Wildman–Crippen MR) is 49.1 cm³/mol. The molecule has 0 bridgehead atoms. The molecule has 0 spiro atoms. The van der Waals surface area contributed by atoms with Crippen molar-refractivity contribution in [1.82, 2.24) is 4.90 Å². The Balaban J connectivity index is 2.39. The first-order valence-corrected chi connectivity index (χ1v) is 4.73. The predicted octanol–water partition coefficient (Wildman–Crippen LogP) is 0.563. The van der Waals surface area contributed by atoms with Crippen LogP contribution in [0.25, 0.3) is 0 Å². The monoisotopic (exact) mass is 190 g/mol. The summed E-state index contributed by atoms with van der Waals surface area (Å²) in [5.74, 6) is 0.0403. The number of halogens is 1. The topological polar surface area (TPSA) is 46.3 Å². The molecule has 1 aliphatic rings. The molecule has 0 radical (unpaired) electrons. The molecule has 1 fully saturated rings. The summed E-state index contributed by atoms with van der Waals surface area (Å²) in [5, 5.41) is 0.238. The van der Waals surface area contributed by atoms with Crippen LogP contribution in [0.4, 0.5) is 0 Å². The van der Waals surface area contributed by atoms with Crippen LogP contribution in [-0.4, -0.2) is 35.3 Å². The average Bonchev–Trinajstić information content (AvgIpc) is 2.04. The van der Waals surface area contributed by atoms with Crippen LogP contribution in [0.3, 0.4) is 0 Å². The number of hydrogen-bond donors (Lipinski definition) is 1. The van der Waals surface area contributed by atoms with Gasteiger partial charge in [-0.05, 0) is 19.8 Å². The van der Waals surface area contributed by atoms with E-state index < -0.39 is 0 Å². The maximum absolute atomic E-state index is 11.4. The Hall–Kier alpha value is -0.280. The molecule has 0 aromatic rings. The van der Waals surface area contributed by atoms with Crippen LogP contribution in [0.5, 0.6) is 0 Å². The molecule has 1 heterocycles. The molecule has 0 aromatic heterocycles. The number of carbonyl (C=O) groups excluding carboxylic acids is 1. The molecule has 1 amide bonds. The minimum atomic E-state index is -0.378. The van der Waals surface area contributed by atoms with Crippen molar-refractivity contribution >= 4 is 17.5 Å². The van der Waals surface area contributed by atoms with Gasteiger partial charge in [0.05, 0.1) is 6.04 Å². The lowest BCUT2D eigenvalue weighted by atomic mass is 10.1. The molecule has 0 aliphatic carbocycles. The van der Waals surface area contributed by atoms with Gasteiger partial charge in [0, 0.05) is 18.5 Å². The first-order chi connectivity index (χ1) is 5.61. The van der Waals surface area contributed by atoms with E-state index in [1.54, 1.807) is 11.8 Å². The third kappa shape index (κ3) is 2.35. The first-order valence-electron chi connectivity index (χ1n) is 4.29. The molecule has 4 heteroatoms. The van der Waals surface area contributed by atoms with Crippen LogP contribution in [0.2, 0.25) is 0 Å². The first kappa shape index (κ1) is 9.81. The van der Waals surface area contributed by atoms with Gasteiger partial charge >= 0.3 is 0 Å². The van der Waals surface area contributed by atoms with Crippen LogP contribution in [0, 0.1) is 0 Å². The second-order valence-corrected chi connectivity index (χ2v) is 3.91. The summed E-state index contributed by atoms with van der Waals surface area (Å²) in [4.78, 5) is 13.2. The highest BCUT2D eigenvalue weighted by Gasteiger charge is 2.22. The van der Waals surface area contributed by atoms with E-state index in [1.807, 2.05) is 0 Å². The molecule has 1 aliphatic heterocycles. The van der Waals surface area contributed by atoms with E-state index in [0.717, 1.165) is 25.9 Å². The number of nitrogens with two attached hydrogens (primary N) is 1. The summed E-state index contributed by atoms with van der Waals surface area (Å²) in [6.45, 7) is 3.23. The van der Waals surface area contributed by atoms with Crippen molar-refractivity contribution in [1.29, 1.82) is 0 Å². The largest absolute Gasteiger partial charge is 0.341 e. The number of amides is 1. The van der Waals surface area contributed by atoms with Crippen molar-refractivity contribution in [2.75, 3.05) is 13.1 Å². The smallest absolute Gasteiger partial charge is 0.239 e. The van der Waals surface area contributed by atoms with Gasteiger partial charge in [-0.15, -0.1) is 11.6 Å². The highest BCUT2D eigenvalue weighted by atomic mass is 35.5. The normalized spacial score (nSPS) is 22.4. The van der Waals surface area contributed by atoms with E-state index in [0.29, 0.717) is 0 Å². The second-order valence-electron chi connectivity index (χ2n) is 3.29. The van der Waals surface area contributed by atoms with Crippen LogP contribution < -0.4 is 5.73 Å². The number of alkyl halides is 1. The quantitative estimate of drug-likeness (QED) is 0.615. The zero-order valence-electron chi connectivity index (χ0n) is 7.29. The van der Waals surface area contributed by atoms with E-state index in [1.165, 1.54) is 0 Å². The molecule has 70 valence electrons. The van der Waals surface area contributed by atoms with Crippen molar-refractivity contribution in [3.05, 3.63) is 0 Å². The number of carbonyl (C=O) groups is 1. The van der Waals surface area contributed by atoms with Crippen molar-refractivity contribution in [2.24, 2.45) is 5.73 Å². The summed E-state index contributed by atoms with van der Waals surface area (Å²) in [6, 6.07) is -0.378. The van der Waals surface area contributed by atoms with Gasteiger partial charge in [-0.25, -0.2) is 0 Å². The molecule has 1 rings (SSSR count). The standard InChI is InChI=1S/C8H15ClN2O/c1-6(10)8(12)11-4-2-7(9)3-5-11/h6-7H,2-5,10H2,1H3/t6-/m0/s1. The zero-order valence-corrected chi connectivity index (χ0v) is 8.05. The third-order valence-corrected chi connectivity index (χ3v) is 2.56. The third-order valence-electron chi connectivity index (χ3n) is 2.13. The SMILES string of the molecule is C[C@H](N)C(=O)N1CCC(Cl)CC1. The summed E-state index contributed by atoms with van der Waals surface area (Å²) in [5.41, 5.74) is 5.48. The Morgan fingerprint density at radius 1 is 1.58 bits per heavy atom. The number of hydrogen-bond acceptors (Lipinski definition) is 2. The van der Waals surface area contributed by atoms with Crippen LogP contribution >= 0.6 is 11.6 Å². The van der Waals surface area contributed by atoms with Crippen LogP contribution in [0.15, 0.2) is 0 Å². The molecule has 2 N–H and O–H groups in total. The summed E-state index contributed by atoms with van der Waals surface area (Å²) in [6.07, 6.45) is 1.78. The van der Waals surface area contributed by atoms with Crippen molar-refractivity contribution in [3.8, 4) is 0 Å². The molecular weight excluding hydrogens is 176 g/mol. The Morgan fingerprint density at radius 2 is 2.08 bits per heavy atom. The minimum absolute atomic E-state index is 0.0403. The maximum Gasteiger partial charge on any atom is 0.239 e. The molecule has 1 saturated heterocycles. The number of rotatable bonds is 1. The van der Waals surface area contributed by atoms with Crippen LogP contribution in [-0.2, 0) is 4.79 Å². The van der Waals surface area contributed by atoms with E-state index in [4.69, 9.17) is 17.3 Å². The van der Waals surface area contributed by atoms with Crippen LogP contribution in [0.1, 0.15) is 19.8 Å². The van der Waals surface area contributed by atoms with Gasteiger partial charge in [0.25, 0.3) is 0 Å². The maximum atomic E-state index is 11.4. The van der Waals surface area contributed by atoms with E-state index >= 15 is 0 Å². The Labute approximate surface area is 77.9 Å². The van der Waals surface area contributed by atoms with Gasteiger partial charge in [0.1, 0.15) is 0 Å². The lowest BCUT2D eigenvalue weighted by Crippen LogP contribution is -2.46. The van der Waals surface area contributed by atoms with Gasteiger partial charge in [-0.3, -0.25) is 4.79 Å². The average molecular weight is 191 g/mol. The molecule has 3 nitrogen and oxygen atoms in total. The summed E-state index contributed by atoms with van der Waals surface area (Å²) in [7, 11) is 0. The zero-order chi connectivity index (χ0) is 9.14. The molecule has 12 heavy (non-hydrogen) atoms. The highest BCUT2D eigenvalue weighted by molar-refractivity contribution is 6.20. The minimum Gasteiger partial charge on any atom is -0.341 e. The second kappa shape index (κ2) is 4.10. The fourth-order valence-corrected chi connectivity index (χ4v) is 1.55. The van der Waals surface area contributed by atoms with Crippen molar-refractivity contribution < 1.29 is 4.79 Å². The fourth-order valence-electron chi connectivity index (χ4n) is 1.36. The van der Waals surface area contributed by atoms with Gasteiger partial charge in [-0.2, -0.15) is 0 Å². The number of piperidine rings is 1.